The summed E-state index contributed by atoms with van der Waals surface area (Å²) >= 11 is 0.964. The van der Waals surface area contributed by atoms with Crippen LogP contribution in [0.3, 0.4) is 0 Å². The summed E-state index contributed by atoms with van der Waals surface area (Å²) in [7, 11) is 0. The smallest absolute Gasteiger partial charge is 0.417 e. The zero-order valence-electron chi connectivity index (χ0n) is 16.0. The Morgan fingerprint density at radius 2 is 1.90 bits per heavy atom. The second kappa shape index (κ2) is 8.86. The molecule has 7 nitrogen and oxygen atoms in total. The van der Waals surface area contributed by atoms with Crippen molar-refractivity contribution in [3.63, 3.8) is 0 Å². The van der Waals surface area contributed by atoms with Crippen LogP contribution >= 0.6 is 11.8 Å². The first-order valence-corrected chi connectivity index (χ1v) is 10.4. The third kappa shape index (κ3) is 4.90. The van der Waals surface area contributed by atoms with Crippen LogP contribution < -0.4 is 14.8 Å². The zero-order chi connectivity index (χ0) is 21.1. The number of rotatable bonds is 6. The van der Waals surface area contributed by atoms with E-state index in [4.69, 9.17) is 14.2 Å². The lowest BCUT2D eigenvalue weighted by Gasteiger charge is -2.26. The standard InChI is InChI=1S/C19H20F3N3O4S/c20-19(21,22)13-8-18(24-14-9-16-15(7-12(13)14)28-11-29-16)30-10-17(26)23-1-2-25-3-5-27-6-4-25/h7-9H,1-6,10-11H2,(H,23,26). The van der Waals surface area contributed by atoms with Gasteiger partial charge in [-0.05, 0) is 12.1 Å². The maximum Gasteiger partial charge on any atom is 0.417 e. The van der Waals surface area contributed by atoms with Gasteiger partial charge in [-0.25, -0.2) is 4.98 Å². The molecule has 1 saturated heterocycles. The molecule has 1 fully saturated rings. The minimum atomic E-state index is -4.56. The normalized spacial score (nSPS) is 16.8. The maximum atomic E-state index is 13.6. The van der Waals surface area contributed by atoms with Crippen molar-refractivity contribution in [3.8, 4) is 11.5 Å². The molecule has 1 N–H and O–H groups in total. The molecule has 1 amide bonds. The van der Waals surface area contributed by atoms with Crippen LogP contribution in [-0.2, 0) is 15.7 Å². The molecule has 0 aliphatic carbocycles. The minimum absolute atomic E-state index is 0.0243. The van der Waals surface area contributed by atoms with Gasteiger partial charge in [-0.3, -0.25) is 9.69 Å². The van der Waals surface area contributed by atoms with Crippen molar-refractivity contribution in [1.82, 2.24) is 15.2 Å². The number of carbonyl (C=O) groups excluding carboxylic acids is 1. The molecule has 0 saturated carbocycles. The van der Waals surface area contributed by atoms with E-state index in [9.17, 15) is 18.0 Å². The number of hydrogen-bond donors (Lipinski definition) is 1. The number of thioether (sulfide) groups is 1. The second-order valence-corrected chi connectivity index (χ2v) is 7.82. The van der Waals surface area contributed by atoms with E-state index in [-0.39, 0.29) is 40.1 Å². The van der Waals surface area contributed by atoms with E-state index in [1.165, 1.54) is 12.1 Å². The van der Waals surface area contributed by atoms with E-state index < -0.39 is 11.7 Å². The van der Waals surface area contributed by atoms with Gasteiger partial charge < -0.3 is 19.5 Å². The Labute approximate surface area is 174 Å². The molecule has 0 bridgehead atoms. The first-order chi connectivity index (χ1) is 14.4. The number of halogens is 3. The van der Waals surface area contributed by atoms with E-state index in [0.29, 0.717) is 32.1 Å². The Bertz CT molecular complexity index is 935. The van der Waals surface area contributed by atoms with Crippen LogP contribution in [0.4, 0.5) is 13.2 Å². The lowest BCUT2D eigenvalue weighted by Crippen LogP contribution is -2.41. The van der Waals surface area contributed by atoms with Crippen molar-refractivity contribution >= 4 is 28.6 Å². The van der Waals surface area contributed by atoms with Crippen LogP contribution in [0.25, 0.3) is 10.9 Å². The SMILES string of the molecule is O=C(CSc1cc(C(F)(F)F)c2cc3c(cc2n1)OCO3)NCCN1CCOCC1. The first kappa shape index (κ1) is 21.0. The molecule has 4 rings (SSSR count). The Morgan fingerprint density at radius 1 is 1.17 bits per heavy atom. The average Bonchev–Trinajstić information content (AvgIpc) is 3.17. The third-order valence-electron chi connectivity index (χ3n) is 4.79. The predicted molar refractivity (Wildman–Crippen MR) is 104 cm³/mol. The monoisotopic (exact) mass is 443 g/mol. The molecule has 0 atom stereocenters. The summed E-state index contributed by atoms with van der Waals surface area (Å²) in [6.07, 6.45) is -4.56. The largest absolute Gasteiger partial charge is 0.454 e. The molecule has 1 aromatic carbocycles. The molecular weight excluding hydrogens is 423 g/mol. The third-order valence-corrected chi connectivity index (χ3v) is 5.70. The number of amides is 1. The number of alkyl halides is 3. The van der Waals surface area contributed by atoms with Gasteiger partial charge in [-0.2, -0.15) is 13.2 Å². The topological polar surface area (TPSA) is 72.9 Å². The van der Waals surface area contributed by atoms with Gasteiger partial charge in [0.05, 0.1) is 35.1 Å². The van der Waals surface area contributed by atoms with Crippen molar-refractivity contribution in [2.45, 2.75) is 11.2 Å². The van der Waals surface area contributed by atoms with Gasteiger partial charge in [0.15, 0.2) is 11.5 Å². The van der Waals surface area contributed by atoms with E-state index >= 15 is 0 Å². The van der Waals surface area contributed by atoms with Crippen molar-refractivity contribution in [2.24, 2.45) is 0 Å². The first-order valence-electron chi connectivity index (χ1n) is 9.41. The number of morpholine rings is 1. The van der Waals surface area contributed by atoms with Crippen LogP contribution in [-0.4, -0.2) is 67.7 Å². The predicted octanol–water partition coefficient (Wildman–Crippen LogP) is 2.52. The van der Waals surface area contributed by atoms with Crippen LogP contribution in [0, 0.1) is 0 Å². The fourth-order valence-corrected chi connectivity index (χ4v) is 4.01. The Morgan fingerprint density at radius 3 is 2.63 bits per heavy atom. The quantitative estimate of drug-likeness (QED) is 0.688. The fourth-order valence-electron chi connectivity index (χ4n) is 3.27. The minimum Gasteiger partial charge on any atom is -0.454 e. The van der Waals surface area contributed by atoms with Gasteiger partial charge in [0.1, 0.15) is 0 Å². The average molecular weight is 443 g/mol. The van der Waals surface area contributed by atoms with Crippen molar-refractivity contribution in [2.75, 3.05) is 51.9 Å². The maximum absolute atomic E-state index is 13.6. The molecular formula is C19H20F3N3O4S. The van der Waals surface area contributed by atoms with Crippen molar-refractivity contribution in [3.05, 3.63) is 23.8 Å². The van der Waals surface area contributed by atoms with Crippen molar-refractivity contribution in [1.29, 1.82) is 0 Å². The molecule has 2 aliphatic heterocycles. The van der Waals surface area contributed by atoms with E-state index in [1.54, 1.807) is 0 Å². The molecule has 0 unspecified atom stereocenters. The van der Waals surface area contributed by atoms with Gasteiger partial charge in [-0.15, -0.1) is 0 Å². The van der Waals surface area contributed by atoms with Gasteiger partial charge in [0.2, 0.25) is 12.7 Å². The number of pyridine rings is 1. The lowest BCUT2D eigenvalue weighted by molar-refractivity contribution is -0.136. The van der Waals surface area contributed by atoms with E-state index in [0.717, 1.165) is 30.9 Å². The van der Waals surface area contributed by atoms with Gasteiger partial charge in [0.25, 0.3) is 0 Å². The zero-order valence-corrected chi connectivity index (χ0v) is 16.8. The number of ether oxygens (including phenoxy) is 3. The molecule has 2 aliphatic rings. The Kier molecular flexibility index (Phi) is 6.21. The highest BCUT2D eigenvalue weighted by Crippen LogP contribution is 2.42. The van der Waals surface area contributed by atoms with Crippen molar-refractivity contribution < 1.29 is 32.2 Å². The van der Waals surface area contributed by atoms with Crippen LogP contribution in [0.5, 0.6) is 11.5 Å². The highest BCUT2D eigenvalue weighted by atomic mass is 32.2. The summed E-state index contributed by atoms with van der Waals surface area (Å²) in [5.74, 6) is 0.332. The number of carbonyl (C=O) groups is 1. The van der Waals surface area contributed by atoms with Gasteiger partial charge in [0, 0.05) is 37.6 Å². The molecule has 3 heterocycles. The molecule has 1 aromatic heterocycles. The second-order valence-electron chi connectivity index (χ2n) is 6.82. The van der Waals surface area contributed by atoms with Crippen LogP contribution in [0.15, 0.2) is 23.2 Å². The summed E-state index contributed by atoms with van der Waals surface area (Å²) in [6, 6.07) is 3.69. The summed E-state index contributed by atoms with van der Waals surface area (Å²) in [6.45, 7) is 4.15. The Balaban J connectivity index is 1.42. The number of nitrogens with one attached hydrogen (secondary N) is 1. The summed E-state index contributed by atoms with van der Waals surface area (Å²) in [5.41, 5.74) is -0.676. The lowest BCUT2D eigenvalue weighted by atomic mass is 10.1. The fraction of sp³-hybridized carbons (Fsp3) is 0.474. The number of hydrogen-bond acceptors (Lipinski definition) is 7. The highest BCUT2D eigenvalue weighted by molar-refractivity contribution is 7.99. The summed E-state index contributed by atoms with van der Waals surface area (Å²) < 4.78 is 56.5. The van der Waals surface area contributed by atoms with Crippen LogP contribution in [0.2, 0.25) is 0 Å². The molecule has 30 heavy (non-hydrogen) atoms. The van der Waals surface area contributed by atoms with Gasteiger partial charge >= 0.3 is 6.18 Å². The summed E-state index contributed by atoms with van der Waals surface area (Å²) in [5, 5.41) is 2.85. The molecule has 2 aromatic rings. The molecule has 11 heteroatoms. The number of nitrogens with zero attached hydrogens (tertiary/aromatic N) is 2. The van der Waals surface area contributed by atoms with Crippen LogP contribution in [0.1, 0.15) is 5.56 Å². The van der Waals surface area contributed by atoms with Gasteiger partial charge in [-0.1, -0.05) is 11.8 Å². The number of aromatic nitrogens is 1. The molecule has 162 valence electrons. The number of benzene rings is 1. The molecule has 0 spiro atoms. The number of fused-ring (bicyclic) bond motifs is 2. The molecule has 0 radical (unpaired) electrons. The Hall–Kier alpha value is -2.24. The summed E-state index contributed by atoms with van der Waals surface area (Å²) in [4.78, 5) is 18.6. The van der Waals surface area contributed by atoms with E-state index in [2.05, 4.69) is 15.2 Å². The highest BCUT2D eigenvalue weighted by Gasteiger charge is 2.34. The van der Waals surface area contributed by atoms with E-state index in [1.807, 2.05) is 0 Å².